The number of alkyl halides is 1. The van der Waals surface area contributed by atoms with Crippen LogP contribution in [0.2, 0.25) is 0 Å². The summed E-state index contributed by atoms with van der Waals surface area (Å²) in [6.45, 7) is 4.66. The predicted octanol–water partition coefficient (Wildman–Crippen LogP) is 3.84. The zero-order valence-electron chi connectivity index (χ0n) is 11.4. The molecule has 0 saturated carbocycles. The minimum Gasteiger partial charge on any atom is -0.496 e. The Kier molecular flexibility index (Phi) is 6.66. The molecule has 1 amide bonds. The van der Waals surface area contributed by atoms with Gasteiger partial charge in [-0.1, -0.05) is 29.8 Å². The second kappa shape index (κ2) is 7.75. The third kappa shape index (κ3) is 5.41. The maximum absolute atomic E-state index is 12.1. The zero-order valence-corrected chi connectivity index (χ0v) is 13.7. The fourth-order valence-corrected chi connectivity index (χ4v) is 2.55. The van der Waals surface area contributed by atoms with E-state index in [1.165, 1.54) is 0 Å². The van der Waals surface area contributed by atoms with Gasteiger partial charge in [-0.05, 0) is 30.5 Å². The van der Waals surface area contributed by atoms with E-state index in [-0.39, 0.29) is 11.3 Å². The van der Waals surface area contributed by atoms with Crippen LogP contribution in [0.5, 0.6) is 5.75 Å². The molecular weight excluding hydrogens is 330 g/mol. The van der Waals surface area contributed by atoms with E-state index in [4.69, 9.17) is 16.3 Å². The van der Waals surface area contributed by atoms with Crippen molar-refractivity contribution in [3.8, 4) is 5.75 Å². The van der Waals surface area contributed by atoms with Crippen LogP contribution in [0.1, 0.15) is 30.6 Å². The normalized spacial score (nSPS) is 12.3. The Hall–Kier alpha value is -0.740. The lowest BCUT2D eigenvalue weighted by molar-refractivity contribution is 0.0950. The molecule has 1 unspecified atom stereocenters. The number of carbonyl (C=O) groups excluding carboxylic acids is 1. The third-order valence-corrected chi connectivity index (χ3v) is 3.44. The van der Waals surface area contributed by atoms with E-state index in [0.717, 1.165) is 10.9 Å². The highest BCUT2D eigenvalue weighted by atomic mass is 79.9. The van der Waals surface area contributed by atoms with Gasteiger partial charge in [0, 0.05) is 11.0 Å². The first-order chi connectivity index (χ1) is 8.93. The Labute approximate surface area is 127 Å². The molecular formula is C14H19BrClNO2. The molecule has 0 aliphatic heterocycles. The number of carbonyl (C=O) groups is 1. The number of ether oxygens (including phenoxy) is 1. The molecule has 0 spiro atoms. The highest BCUT2D eigenvalue weighted by molar-refractivity contribution is 9.10. The highest BCUT2D eigenvalue weighted by Gasteiger charge is 2.14. The smallest absolute Gasteiger partial charge is 0.255 e. The number of hydrogen-bond acceptors (Lipinski definition) is 2. The average Bonchev–Trinajstić information content (AvgIpc) is 2.35. The van der Waals surface area contributed by atoms with Crippen molar-refractivity contribution in [3.63, 3.8) is 0 Å². The number of hydrogen-bond donors (Lipinski definition) is 1. The van der Waals surface area contributed by atoms with Crippen LogP contribution in [0.25, 0.3) is 0 Å². The highest BCUT2D eigenvalue weighted by Crippen LogP contribution is 2.22. The van der Waals surface area contributed by atoms with E-state index in [1.807, 2.05) is 6.07 Å². The van der Waals surface area contributed by atoms with Gasteiger partial charge in [-0.3, -0.25) is 4.79 Å². The summed E-state index contributed by atoms with van der Waals surface area (Å²) in [6.07, 6.45) is 0.872. The van der Waals surface area contributed by atoms with Crippen LogP contribution in [0.3, 0.4) is 0 Å². The monoisotopic (exact) mass is 347 g/mol. The summed E-state index contributed by atoms with van der Waals surface area (Å²) < 4.78 is 6.01. The Morgan fingerprint density at radius 2 is 2.16 bits per heavy atom. The van der Waals surface area contributed by atoms with Crippen molar-refractivity contribution >= 4 is 33.4 Å². The van der Waals surface area contributed by atoms with Crippen LogP contribution in [0.4, 0.5) is 0 Å². The molecule has 106 valence electrons. The first-order valence-electron chi connectivity index (χ1n) is 6.19. The number of halogens is 2. The minimum atomic E-state index is -0.174. The fraction of sp³-hybridized carbons (Fsp3) is 0.500. The number of nitrogens with one attached hydrogen (secondary N) is 1. The van der Waals surface area contributed by atoms with Crippen molar-refractivity contribution in [2.24, 2.45) is 5.92 Å². The van der Waals surface area contributed by atoms with Crippen molar-refractivity contribution in [2.45, 2.75) is 25.6 Å². The van der Waals surface area contributed by atoms with Gasteiger partial charge in [0.05, 0.1) is 18.1 Å². The predicted molar refractivity (Wildman–Crippen MR) is 82.1 cm³/mol. The summed E-state index contributed by atoms with van der Waals surface area (Å²) >= 11 is 9.50. The van der Waals surface area contributed by atoms with Gasteiger partial charge in [0.15, 0.2) is 0 Å². The van der Waals surface area contributed by atoms with E-state index in [0.29, 0.717) is 23.8 Å². The van der Waals surface area contributed by atoms with E-state index in [9.17, 15) is 4.79 Å². The molecule has 1 rings (SSSR count). The maximum Gasteiger partial charge on any atom is 0.255 e. The summed E-state index contributed by atoms with van der Waals surface area (Å²) in [5, 5.41) is 2.78. The average molecular weight is 349 g/mol. The van der Waals surface area contributed by atoms with Crippen LogP contribution < -0.4 is 10.1 Å². The maximum atomic E-state index is 12.1. The van der Waals surface area contributed by atoms with Gasteiger partial charge in [-0.2, -0.15) is 0 Å². The first kappa shape index (κ1) is 16.3. The Balaban J connectivity index is 2.65. The van der Waals surface area contributed by atoms with Crippen molar-refractivity contribution in [2.75, 3.05) is 13.7 Å². The van der Waals surface area contributed by atoms with Crippen LogP contribution >= 0.6 is 27.5 Å². The molecule has 19 heavy (non-hydrogen) atoms. The van der Waals surface area contributed by atoms with Crippen molar-refractivity contribution in [3.05, 3.63) is 28.2 Å². The molecule has 0 aliphatic carbocycles. The van der Waals surface area contributed by atoms with Crippen LogP contribution in [-0.4, -0.2) is 24.9 Å². The lowest BCUT2D eigenvalue weighted by Gasteiger charge is -2.14. The summed E-state index contributed by atoms with van der Waals surface area (Å²) in [4.78, 5) is 12.1. The minimum absolute atomic E-state index is 0.0536. The second-order valence-electron chi connectivity index (χ2n) is 4.78. The molecule has 5 heteroatoms. The van der Waals surface area contributed by atoms with Crippen LogP contribution in [0.15, 0.2) is 22.7 Å². The summed E-state index contributed by atoms with van der Waals surface area (Å²) in [5.41, 5.74) is 0.505. The molecule has 0 aliphatic rings. The number of benzene rings is 1. The van der Waals surface area contributed by atoms with Crippen molar-refractivity contribution in [1.82, 2.24) is 5.32 Å². The molecule has 0 saturated heterocycles. The zero-order chi connectivity index (χ0) is 14.4. The second-order valence-corrected chi connectivity index (χ2v) is 6.31. The standard InChI is InChI=1S/C14H19BrClNO2/c1-9(2)6-11(16)8-17-14(18)12-7-10(15)4-5-13(12)19-3/h4-5,7,9,11H,6,8H2,1-3H3,(H,17,18). The van der Waals surface area contributed by atoms with Gasteiger partial charge in [-0.15, -0.1) is 11.6 Å². The van der Waals surface area contributed by atoms with Crippen molar-refractivity contribution in [1.29, 1.82) is 0 Å². The van der Waals surface area contributed by atoms with Crippen LogP contribution in [-0.2, 0) is 0 Å². The Morgan fingerprint density at radius 1 is 1.47 bits per heavy atom. The largest absolute Gasteiger partial charge is 0.496 e. The molecule has 0 radical (unpaired) electrons. The Morgan fingerprint density at radius 3 is 2.74 bits per heavy atom. The molecule has 1 aromatic rings. The van der Waals surface area contributed by atoms with E-state index in [1.54, 1.807) is 19.2 Å². The molecule has 0 heterocycles. The van der Waals surface area contributed by atoms with E-state index >= 15 is 0 Å². The number of rotatable bonds is 6. The lowest BCUT2D eigenvalue weighted by Crippen LogP contribution is -2.30. The quantitative estimate of drug-likeness (QED) is 0.793. The van der Waals surface area contributed by atoms with Gasteiger partial charge >= 0.3 is 0 Å². The number of methoxy groups -OCH3 is 1. The van der Waals surface area contributed by atoms with E-state index < -0.39 is 0 Å². The molecule has 3 nitrogen and oxygen atoms in total. The molecule has 0 fully saturated rings. The summed E-state index contributed by atoms with van der Waals surface area (Å²) in [5.74, 6) is 0.892. The van der Waals surface area contributed by atoms with E-state index in [2.05, 4.69) is 35.1 Å². The molecule has 1 N–H and O–H groups in total. The SMILES string of the molecule is COc1ccc(Br)cc1C(=O)NCC(Cl)CC(C)C. The molecule has 0 bridgehead atoms. The first-order valence-corrected chi connectivity index (χ1v) is 7.42. The molecule has 1 atom stereocenters. The van der Waals surface area contributed by atoms with Gasteiger partial charge < -0.3 is 10.1 Å². The van der Waals surface area contributed by atoms with Crippen molar-refractivity contribution < 1.29 is 9.53 Å². The van der Waals surface area contributed by atoms with Gasteiger partial charge in [0.1, 0.15) is 5.75 Å². The molecule has 1 aromatic carbocycles. The Bertz CT molecular complexity index is 437. The van der Waals surface area contributed by atoms with Crippen LogP contribution in [0, 0.1) is 5.92 Å². The van der Waals surface area contributed by atoms with Gasteiger partial charge in [-0.25, -0.2) is 0 Å². The third-order valence-electron chi connectivity index (χ3n) is 2.62. The topological polar surface area (TPSA) is 38.3 Å². The summed E-state index contributed by atoms with van der Waals surface area (Å²) in [7, 11) is 1.54. The number of amides is 1. The fourth-order valence-electron chi connectivity index (χ4n) is 1.75. The van der Waals surface area contributed by atoms with Gasteiger partial charge in [0.2, 0.25) is 0 Å². The van der Waals surface area contributed by atoms with Gasteiger partial charge in [0.25, 0.3) is 5.91 Å². The molecule has 0 aromatic heterocycles. The lowest BCUT2D eigenvalue weighted by atomic mass is 10.1. The summed E-state index contributed by atoms with van der Waals surface area (Å²) in [6, 6.07) is 5.32.